The van der Waals surface area contributed by atoms with Crippen molar-refractivity contribution in [2.45, 2.75) is 0 Å². The van der Waals surface area contributed by atoms with Gasteiger partial charge in [-0.2, -0.15) is 4.57 Å². The largest absolute Gasteiger partial charge is 0.497 e. The average Bonchev–Trinajstić information content (AvgIpc) is 2.88. The molecule has 0 unspecified atom stereocenters. The van der Waals surface area contributed by atoms with Crippen LogP contribution in [0, 0.1) is 0 Å². The van der Waals surface area contributed by atoms with Crippen LogP contribution in [0.15, 0.2) is 109 Å². The molecule has 156 valence electrons. The highest BCUT2D eigenvalue weighted by atomic mass is 16.5. The van der Waals surface area contributed by atoms with Crippen LogP contribution >= 0.6 is 0 Å². The Labute approximate surface area is 188 Å². The van der Waals surface area contributed by atoms with Gasteiger partial charge in [-0.1, -0.05) is 48.5 Å². The van der Waals surface area contributed by atoms with Gasteiger partial charge in [0.05, 0.1) is 19.8 Å². The van der Waals surface area contributed by atoms with Crippen LogP contribution in [0.25, 0.3) is 38.8 Å². The Kier molecular flexibility index (Phi) is 5.30. The molecule has 0 spiro atoms. The molecular weight excluding hydrogens is 394 g/mol. The third-order valence-electron chi connectivity index (χ3n) is 5.75. The summed E-state index contributed by atoms with van der Waals surface area (Å²) in [6.07, 6.45) is 2.22. The fourth-order valence-corrected chi connectivity index (χ4v) is 4.16. The van der Waals surface area contributed by atoms with E-state index in [4.69, 9.17) is 9.47 Å². The summed E-state index contributed by atoms with van der Waals surface area (Å²) in [5.41, 5.74) is 5.67. The van der Waals surface area contributed by atoms with Crippen LogP contribution in [0.2, 0.25) is 0 Å². The summed E-state index contributed by atoms with van der Waals surface area (Å²) in [6.45, 7) is 0. The van der Waals surface area contributed by atoms with E-state index in [9.17, 15) is 0 Å². The first kappa shape index (κ1) is 19.8. The summed E-state index contributed by atoms with van der Waals surface area (Å²) >= 11 is 0. The zero-order valence-electron chi connectivity index (χ0n) is 18.2. The van der Waals surface area contributed by atoms with Crippen molar-refractivity contribution in [2.75, 3.05) is 14.2 Å². The molecular formula is C29H24NO2+. The molecule has 0 bridgehead atoms. The SMILES string of the molecule is COc1ccc(-c2c(-c3ccc(OC)cc3)[n+](-c3ccccc3)cc3ccccc23)cc1. The van der Waals surface area contributed by atoms with E-state index in [2.05, 4.69) is 83.6 Å². The fourth-order valence-electron chi connectivity index (χ4n) is 4.16. The van der Waals surface area contributed by atoms with Gasteiger partial charge < -0.3 is 9.47 Å². The minimum atomic E-state index is 0.840. The van der Waals surface area contributed by atoms with Crippen molar-refractivity contribution in [3.63, 3.8) is 0 Å². The number of para-hydroxylation sites is 1. The van der Waals surface area contributed by atoms with Gasteiger partial charge in [0.25, 0.3) is 0 Å². The Morgan fingerprint density at radius 2 is 1.12 bits per heavy atom. The lowest BCUT2D eigenvalue weighted by Gasteiger charge is -2.14. The van der Waals surface area contributed by atoms with Crippen LogP contribution in [0.5, 0.6) is 11.5 Å². The quantitative estimate of drug-likeness (QED) is 0.305. The highest BCUT2D eigenvalue weighted by Gasteiger charge is 2.25. The van der Waals surface area contributed by atoms with Crippen molar-refractivity contribution in [3.05, 3.63) is 109 Å². The number of hydrogen-bond acceptors (Lipinski definition) is 2. The first-order valence-electron chi connectivity index (χ1n) is 10.6. The maximum atomic E-state index is 5.41. The number of benzene rings is 4. The first-order valence-corrected chi connectivity index (χ1v) is 10.6. The number of rotatable bonds is 5. The zero-order valence-corrected chi connectivity index (χ0v) is 18.2. The van der Waals surface area contributed by atoms with Crippen molar-refractivity contribution in [2.24, 2.45) is 0 Å². The Morgan fingerprint density at radius 1 is 0.562 bits per heavy atom. The third kappa shape index (κ3) is 3.58. The molecule has 1 aromatic heterocycles. The predicted octanol–water partition coefficient (Wildman–Crippen LogP) is 6.47. The monoisotopic (exact) mass is 418 g/mol. The molecule has 0 saturated carbocycles. The fraction of sp³-hybridized carbons (Fsp3) is 0.0690. The van der Waals surface area contributed by atoms with Gasteiger partial charge in [0.2, 0.25) is 11.4 Å². The Morgan fingerprint density at radius 3 is 1.75 bits per heavy atom. The smallest absolute Gasteiger partial charge is 0.226 e. The average molecular weight is 419 g/mol. The van der Waals surface area contributed by atoms with E-state index < -0.39 is 0 Å². The molecule has 0 aliphatic carbocycles. The van der Waals surface area contributed by atoms with Crippen molar-refractivity contribution >= 4 is 10.8 Å². The number of fused-ring (bicyclic) bond motifs is 1. The van der Waals surface area contributed by atoms with Gasteiger partial charge in [-0.25, -0.2) is 0 Å². The van der Waals surface area contributed by atoms with E-state index in [0.29, 0.717) is 0 Å². The number of aromatic nitrogens is 1. The van der Waals surface area contributed by atoms with E-state index in [1.807, 2.05) is 30.3 Å². The van der Waals surface area contributed by atoms with Crippen LogP contribution in [0.4, 0.5) is 0 Å². The molecule has 1 heterocycles. The molecule has 0 aliphatic rings. The first-order chi connectivity index (χ1) is 15.8. The molecule has 0 fully saturated rings. The van der Waals surface area contributed by atoms with E-state index in [-0.39, 0.29) is 0 Å². The molecule has 0 atom stereocenters. The second-order valence-corrected chi connectivity index (χ2v) is 7.60. The molecule has 5 aromatic rings. The maximum Gasteiger partial charge on any atom is 0.226 e. The summed E-state index contributed by atoms with van der Waals surface area (Å²) in [4.78, 5) is 0. The second kappa shape index (κ2) is 8.56. The van der Waals surface area contributed by atoms with Crippen LogP contribution in [-0.4, -0.2) is 14.2 Å². The lowest BCUT2D eigenvalue weighted by atomic mass is 9.93. The number of ether oxygens (including phenoxy) is 2. The summed E-state index contributed by atoms with van der Waals surface area (Å²) < 4.78 is 13.1. The molecule has 0 saturated heterocycles. The lowest BCUT2D eigenvalue weighted by molar-refractivity contribution is -0.581. The highest BCUT2D eigenvalue weighted by Crippen LogP contribution is 2.37. The van der Waals surface area contributed by atoms with Gasteiger partial charge >= 0.3 is 0 Å². The second-order valence-electron chi connectivity index (χ2n) is 7.60. The molecule has 0 amide bonds. The molecule has 0 N–H and O–H groups in total. The lowest BCUT2D eigenvalue weighted by Crippen LogP contribution is -2.34. The number of hydrogen-bond donors (Lipinski definition) is 0. The number of nitrogens with zero attached hydrogens (tertiary/aromatic N) is 1. The van der Waals surface area contributed by atoms with Crippen molar-refractivity contribution < 1.29 is 14.0 Å². The number of pyridine rings is 1. The van der Waals surface area contributed by atoms with E-state index in [1.165, 1.54) is 16.3 Å². The van der Waals surface area contributed by atoms with Crippen LogP contribution in [0.1, 0.15) is 0 Å². The molecule has 0 aliphatic heterocycles. The third-order valence-corrected chi connectivity index (χ3v) is 5.75. The topological polar surface area (TPSA) is 22.3 Å². The Hall–Kier alpha value is -4.11. The van der Waals surface area contributed by atoms with Crippen LogP contribution < -0.4 is 14.0 Å². The van der Waals surface area contributed by atoms with Crippen LogP contribution in [0.3, 0.4) is 0 Å². The maximum absolute atomic E-state index is 5.41. The summed E-state index contributed by atoms with van der Waals surface area (Å²) in [5.74, 6) is 1.68. The Bertz CT molecular complexity index is 1360. The highest BCUT2D eigenvalue weighted by molar-refractivity contribution is 6.01. The van der Waals surface area contributed by atoms with Crippen molar-refractivity contribution in [3.8, 4) is 39.6 Å². The van der Waals surface area contributed by atoms with Crippen LogP contribution in [-0.2, 0) is 0 Å². The summed E-state index contributed by atoms with van der Waals surface area (Å²) in [7, 11) is 3.39. The van der Waals surface area contributed by atoms with Gasteiger partial charge in [-0.05, 0) is 48.0 Å². The number of methoxy groups -OCH3 is 2. The van der Waals surface area contributed by atoms with E-state index >= 15 is 0 Å². The molecule has 4 aromatic carbocycles. The van der Waals surface area contributed by atoms with Gasteiger partial charge in [0.15, 0.2) is 6.20 Å². The van der Waals surface area contributed by atoms with Gasteiger partial charge in [0, 0.05) is 28.5 Å². The van der Waals surface area contributed by atoms with E-state index in [1.54, 1.807) is 14.2 Å². The summed E-state index contributed by atoms with van der Waals surface area (Å²) in [5, 5.41) is 2.38. The van der Waals surface area contributed by atoms with E-state index in [0.717, 1.165) is 34.0 Å². The standard InChI is InChI=1S/C29H24NO2/c1-31-25-16-12-21(13-17-25)28-27-11-7-6-8-23(27)20-30(24-9-4-3-5-10-24)29(28)22-14-18-26(32-2)19-15-22/h3-20H,1-2H3/q+1. The predicted molar refractivity (Wildman–Crippen MR) is 129 cm³/mol. The van der Waals surface area contributed by atoms with Gasteiger partial charge in [-0.3, -0.25) is 0 Å². The molecule has 3 nitrogen and oxygen atoms in total. The van der Waals surface area contributed by atoms with Gasteiger partial charge in [-0.15, -0.1) is 0 Å². The van der Waals surface area contributed by atoms with Crippen molar-refractivity contribution in [1.82, 2.24) is 0 Å². The zero-order chi connectivity index (χ0) is 21.9. The van der Waals surface area contributed by atoms with Crippen molar-refractivity contribution in [1.29, 1.82) is 0 Å². The molecule has 32 heavy (non-hydrogen) atoms. The molecule has 5 rings (SSSR count). The molecule has 0 radical (unpaired) electrons. The molecule has 3 heteroatoms. The normalized spacial score (nSPS) is 10.8. The van der Waals surface area contributed by atoms with Gasteiger partial charge in [0.1, 0.15) is 11.5 Å². The Balaban J connectivity index is 1.89. The summed E-state index contributed by atoms with van der Waals surface area (Å²) in [6, 6.07) is 35.6. The minimum Gasteiger partial charge on any atom is -0.497 e. The minimum absolute atomic E-state index is 0.840.